The highest BCUT2D eigenvalue weighted by molar-refractivity contribution is 5.83. The van der Waals surface area contributed by atoms with E-state index in [0.29, 0.717) is 5.75 Å². The molecule has 0 aliphatic carbocycles. The molecule has 0 aliphatic heterocycles. The van der Waals surface area contributed by atoms with Crippen molar-refractivity contribution >= 4 is 35.2 Å². The van der Waals surface area contributed by atoms with Gasteiger partial charge in [-0.05, 0) is 82.8 Å². The molecule has 224 valence electrons. The molecule has 3 heteroatoms. The molecule has 0 saturated heterocycles. The largest absolute Gasteiger partial charge is 0.423 e. The van der Waals surface area contributed by atoms with E-state index in [1.165, 1.54) is 16.7 Å². The van der Waals surface area contributed by atoms with Crippen LogP contribution >= 0.6 is 0 Å². The molecule has 0 heterocycles. The van der Waals surface area contributed by atoms with Gasteiger partial charge in [-0.2, -0.15) is 0 Å². The molecule has 0 aromatic heterocycles. The first-order chi connectivity index (χ1) is 22.7. The number of carbonyl (C=O) groups is 1. The van der Waals surface area contributed by atoms with Gasteiger partial charge < -0.3 is 9.64 Å². The van der Waals surface area contributed by atoms with Gasteiger partial charge in [0.05, 0.1) is 0 Å². The average molecular weight is 598 g/mol. The van der Waals surface area contributed by atoms with E-state index in [0.717, 1.165) is 40.7 Å². The van der Waals surface area contributed by atoms with Crippen molar-refractivity contribution in [1.82, 2.24) is 0 Å². The number of para-hydroxylation sites is 1. The van der Waals surface area contributed by atoms with Crippen LogP contribution < -0.4 is 9.64 Å². The Morgan fingerprint density at radius 1 is 0.565 bits per heavy atom. The van der Waals surface area contributed by atoms with E-state index in [2.05, 4.69) is 151 Å². The summed E-state index contributed by atoms with van der Waals surface area (Å²) in [4.78, 5) is 13.7. The zero-order valence-corrected chi connectivity index (χ0v) is 25.6. The molecule has 0 unspecified atom stereocenters. The third-order valence-electron chi connectivity index (χ3n) is 7.94. The summed E-state index contributed by atoms with van der Waals surface area (Å²) in [6.07, 6.45) is 6.19. The van der Waals surface area contributed by atoms with Crippen molar-refractivity contribution in [3.63, 3.8) is 0 Å². The van der Waals surface area contributed by atoms with Crippen molar-refractivity contribution in [2.24, 2.45) is 0 Å². The summed E-state index contributed by atoms with van der Waals surface area (Å²) in [5, 5.41) is 0. The van der Waals surface area contributed by atoms with Crippen LogP contribution in [-0.4, -0.2) is 5.97 Å². The lowest BCUT2D eigenvalue weighted by Crippen LogP contribution is -2.10. The first-order valence-electron chi connectivity index (χ1n) is 15.4. The fourth-order valence-corrected chi connectivity index (χ4v) is 5.57. The molecule has 6 rings (SSSR count). The molecule has 46 heavy (non-hydrogen) atoms. The van der Waals surface area contributed by atoms with Crippen LogP contribution in [0.2, 0.25) is 0 Å². The Hall–Kier alpha value is -5.93. The first-order valence-corrected chi connectivity index (χ1v) is 15.4. The van der Waals surface area contributed by atoms with Gasteiger partial charge in [-0.15, -0.1) is 0 Å². The van der Waals surface area contributed by atoms with E-state index in [1.807, 2.05) is 24.3 Å². The fraction of sp³-hybridized carbons (Fsp3) is 0.0465. The molecule has 3 nitrogen and oxygen atoms in total. The molecular formula is C43H35NO2. The quantitative estimate of drug-likeness (QED) is 0.0644. The van der Waals surface area contributed by atoms with Crippen LogP contribution in [0.15, 0.2) is 176 Å². The van der Waals surface area contributed by atoms with Crippen LogP contribution in [0.25, 0.3) is 12.2 Å². The summed E-state index contributed by atoms with van der Waals surface area (Å²) in [5.74, 6) is 0.308. The van der Waals surface area contributed by atoms with E-state index in [1.54, 1.807) is 12.1 Å². The predicted octanol–water partition coefficient (Wildman–Crippen LogP) is 10.8. The summed E-state index contributed by atoms with van der Waals surface area (Å²) >= 11 is 0. The molecule has 0 atom stereocenters. The topological polar surface area (TPSA) is 29.5 Å². The Labute approximate surface area is 271 Å². The first kappa shape index (κ1) is 30.1. The third kappa shape index (κ3) is 7.58. The SMILES string of the molecule is C=CC(=O)Oc1ccc(C=Cc2ccc(N(c3ccccc3)c3ccc(CC(c4ccccc4)c4ccccc4)cc3)cc2)cc1. The number of hydrogen-bond acceptors (Lipinski definition) is 3. The van der Waals surface area contributed by atoms with Gasteiger partial charge in [-0.1, -0.05) is 134 Å². The molecule has 0 saturated carbocycles. The minimum absolute atomic E-state index is 0.284. The maximum absolute atomic E-state index is 11.4. The molecule has 0 amide bonds. The van der Waals surface area contributed by atoms with E-state index in [4.69, 9.17) is 4.74 Å². The van der Waals surface area contributed by atoms with E-state index < -0.39 is 5.97 Å². The Bertz CT molecular complexity index is 1840. The molecule has 0 spiro atoms. The van der Waals surface area contributed by atoms with Crippen molar-refractivity contribution < 1.29 is 9.53 Å². The van der Waals surface area contributed by atoms with Crippen LogP contribution in [0.5, 0.6) is 5.75 Å². The summed E-state index contributed by atoms with van der Waals surface area (Å²) in [5.41, 5.74) is 9.32. The highest BCUT2D eigenvalue weighted by Crippen LogP contribution is 2.36. The molecule has 0 fully saturated rings. The Morgan fingerprint density at radius 2 is 1.00 bits per heavy atom. The number of anilines is 3. The number of nitrogens with zero attached hydrogens (tertiary/aromatic N) is 1. The van der Waals surface area contributed by atoms with E-state index in [9.17, 15) is 4.79 Å². The normalized spacial score (nSPS) is 11.0. The summed E-state index contributed by atoms with van der Waals surface area (Å²) in [6.45, 7) is 3.43. The monoisotopic (exact) mass is 597 g/mol. The summed E-state index contributed by atoms with van der Waals surface area (Å²) in [6, 6.07) is 56.9. The average Bonchev–Trinajstić information content (AvgIpc) is 3.13. The standard InChI is InChI=1S/C43H35NO2/c1-2-43(45)46-41-30-24-34(25-31-41)19-18-33-20-26-39(27-21-33)44(38-16-10-5-11-17-38)40-28-22-35(23-29-40)32-42(36-12-6-3-7-13-36)37-14-8-4-9-15-37/h2-31,42H,1,32H2. The lowest BCUT2D eigenvalue weighted by molar-refractivity contribution is -0.128. The number of esters is 1. The van der Waals surface area contributed by atoms with Gasteiger partial charge >= 0.3 is 5.97 Å². The maximum Gasteiger partial charge on any atom is 0.335 e. The van der Waals surface area contributed by atoms with Crippen molar-refractivity contribution in [2.75, 3.05) is 4.90 Å². The fourth-order valence-electron chi connectivity index (χ4n) is 5.57. The zero-order chi connectivity index (χ0) is 31.6. The van der Waals surface area contributed by atoms with Gasteiger partial charge in [0.2, 0.25) is 0 Å². The van der Waals surface area contributed by atoms with Crippen molar-refractivity contribution in [3.05, 3.63) is 204 Å². The second-order valence-electron chi connectivity index (χ2n) is 11.0. The Balaban J connectivity index is 1.22. The number of benzene rings is 6. The molecule has 6 aromatic carbocycles. The molecule has 0 aliphatic rings. The minimum atomic E-state index is -0.469. The van der Waals surface area contributed by atoms with Gasteiger partial charge in [-0.3, -0.25) is 0 Å². The number of hydrogen-bond donors (Lipinski definition) is 0. The second-order valence-corrected chi connectivity index (χ2v) is 11.0. The van der Waals surface area contributed by atoms with Gasteiger partial charge in [0.25, 0.3) is 0 Å². The highest BCUT2D eigenvalue weighted by atomic mass is 16.5. The van der Waals surface area contributed by atoms with Gasteiger partial charge in [0.15, 0.2) is 0 Å². The number of carbonyl (C=O) groups excluding carboxylic acids is 1. The molecule has 0 N–H and O–H groups in total. The Kier molecular flexibility index (Phi) is 9.62. The predicted molar refractivity (Wildman–Crippen MR) is 191 cm³/mol. The lowest BCUT2D eigenvalue weighted by Gasteiger charge is -2.26. The van der Waals surface area contributed by atoms with Gasteiger partial charge in [-0.25, -0.2) is 4.79 Å². The summed E-state index contributed by atoms with van der Waals surface area (Å²) in [7, 11) is 0. The van der Waals surface area contributed by atoms with Gasteiger partial charge in [0.1, 0.15) is 5.75 Å². The second kappa shape index (κ2) is 14.7. The van der Waals surface area contributed by atoms with Crippen LogP contribution in [0.4, 0.5) is 17.1 Å². The molecule has 0 bridgehead atoms. The highest BCUT2D eigenvalue weighted by Gasteiger charge is 2.16. The third-order valence-corrected chi connectivity index (χ3v) is 7.94. The van der Waals surface area contributed by atoms with Crippen LogP contribution in [-0.2, 0) is 11.2 Å². The minimum Gasteiger partial charge on any atom is -0.423 e. The van der Waals surface area contributed by atoms with Crippen molar-refractivity contribution in [2.45, 2.75) is 12.3 Å². The smallest absolute Gasteiger partial charge is 0.335 e. The molecular weight excluding hydrogens is 562 g/mol. The van der Waals surface area contributed by atoms with E-state index in [-0.39, 0.29) is 5.92 Å². The van der Waals surface area contributed by atoms with Crippen molar-refractivity contribution in [1.29, 1.82) is 0 Å². The summed E-state index contributed by atoms with van der Waals surface area (Å²) < 4.78 is 5.16. The Morgan fingerprint density at radius 3 is 1.50 bits per heavy atom. The van der Waals surface area contributed by atoms with Crippen LogP contribution in [0.3, 0.4) is 0 Å². The lowest BCUT2D eigenvalue weighted by atomic mass is 9.86. The molecule has 6 aromatic rings. The maximum atomic E-state index is 11.4. The van der Waals surface area contributed by atoms with Crippen LogP contribution in [0, 0.1) is 0 Å². The zero-order valence-electron chi connectivity index (χ0n) is 25.6. The molecule has 0 radical (unpaired) electrons. The number of rotatable bonds is 11. The number of ether oxygens (including phenoxy) is 1. The van der Waals surface area contributed by atoms with Crippen LogP contribution in [0.1, 0.15) is 33.7 Å². The van der Waals surface area contributed by atoms with Crippen molar-refractivity contribution in [3.8, 4) is 5.75 Å². The van der Waals surface area contributed by atoms with E-state index >= 15 is 0 Å². The van der Waals surface area contributed by atoms with Gasteiger partial charge in [0, 0.05) is 29.1 Å².